The highest BCUT2D eigenvalue weighted by Gasteiger charge is 2.19. The van der Waals surface area contributed by atoms with Crippen LogP contribution in [0.3, 0.4) is 0 Å². The van der Waals surface area contributed by atoms with Crippen molar-refractivity contribution in [3.8, 4) is 0 Å². The maximum Gasteiger partial charge on any atom is 0.222 e. The van der Waals surface area contributed by atoms with Crippen LogP contribution in [0.25, 0.3) is 0 Å². The number of aliphatic hydroxyl groups excluding tert-OH is 1. The molecule has 1 rings (SSSR count). The molecule has 0 saturated carbocycles. The fourth-order valence-electron chi connectivity index (χ4n) is 1.34. The van der Waals surface area contributed by atoms with E-state index in [1.807, 2.05) is 25.7 Å². The molecule has 1 saturated heterocycles. The number of hydrogen-bond donors (Lipinski definition) is 1. The highest BCUT2D eigenvalue weighted by atomic mass is 16.3. The average molecular weight is 187 g/mol. The molecular weight excluding hydrogens is 166 g/mol. The fourth-order valence-corrected chi connectivity index (χ4v) is 1.34. The Bertz CT molecular complexity index is 140. The first kappa shape index (κ1) is 12.4. The molecule has 0 aromatic carbocycles. The summed E-state index contributed by atoms with van der Waals surface area (Å²) in [5.41, 5.74) is 0. The van der Waals surface area contributed by atoms with E-state index in [1.54, 1.807) is 0 Å². The van der Waals surface area contributed by atoms with Crippen LogP contribution in [0.1, 0.15) is 40.0 Å². The van der Waals surface area contributed by atoms with E-state index in [9.17, 15) is 4.79 Å². The van der Waals surface area contributed by atoms with Crippen LogP contribution in [0.4, 0.5) is 0 Å². The number of carbonyl (C=O) groups is 1. The third-order valence-corrected chi connectivity index (χ3v) is 2.12. The van der Waals surface area contributed by atoms with Gasteiger partial charge in [0.15, 0.2) is 0 Å². The van der Waals surface area contributed by atoms with Gasteiger partial charge in [-0.15, -0.1) is 0 Å². The molecule has 0 bridgehead atoms. The second-order valence-electron chi connectivity index (χ2n) is 2.97. The van der Waals surface area contributed by atoms with E-state index in [0.29, 0.717) is 6.42 Å². The summed E-state index contributed by atoms with van der Waals surface area (Å²) in [6.45, 7) is 7.33. The van der Waals surface area contributed by atoms with E-state index < -0.39 is 0 Å². The number of nitrogens with zero attached hydrogens (tertiary/aromatic N) is 1. The Balaban J connectivity index is 0.000000671. The molecular formula is C10H21NO2. The zero-order chi connectivity index (χ0) is 10.3. The predicted molar refractivity (Wildman–Crippen MR) is 53.5 cm³/mol. The first-order valence-electron chi connectivity index (χ1n) is 5.20. The predicted octanol–water partition coefficient (Wildman–Crippen LogP) is 1.41. The number of amides is 1. The van der Waals surface area contributed by atoms with Crippen LogP contribution < -0.4 is 0 Å². The number of piperidine rings is 1. The molecule has 1 amide bonds. The number of rotatable bonds is 1. The monoisotopic (exact) mass is 187 g/mol. The normalized spacial score (nSPS) is 17.7. The summed E-state index contributed by atoms with van der Waals surface area (Å²) in [4.78, 5) is 12.9. The second-order valence-corrected chi connectivity index (χ2v) is 2.97. The number of hydrogen-bond acceptors (Lipinski definition) is 2. The van der Waals surface area contributed by atoms with Crippen LogP contribution in [0.15, 0.2) is 0 Å². The summed E-state index contributed by atoms with van der Waals surface area (Å²) in [5, 5.41) is 9.14. The number of carbonyl (C=O) groups excluding carboxylic acids is 1. The Labute approximate surface area is 80.7 Å². The summed E-state index contributed by atoms with van der Waals surface area (Å²) in [6.07, 6.45) is 1.88. The van der Waals surface area contributed by atoms with Gasteiger partial charge in [0.2, 0.25) is 5.91 Å². The SMILES string of the molecule is CC.CCC(=O)N1CCC(O)CC1. The second kappa shape index (κ2) is 6.89. The smallest absolute Gasteiger partial charge is 0.222 e. The molecule has 1 N–H and O–H groups in total. The van der Waals surface area contributed by atoms with Crippen molar-refractivity contribution in [2.45, 2.75) is 46.1 Å². The van der Waals surface area contributed by atoms with Gasteiger partial charge in [-0.3, -0.25) is 4.79 Å². The minimum atomic E-state index is -0.184. The van der Waals surface area contributed by atoms with Crippen LogP contribution >= 0.6 is 0 Å². The zero-order valence-corrected chi connectivity index (χ0v) is 8.92. The molecule has 0 radical (unpaired) electrons. The summed E-state index contributed by atoms with van der Waals surface area (Å²) >= 11 is 0. The van der Waals surface area contributed by atoms with Gasteiger partial charge in [-0.1, -0.05) is 20.8 Å². The van der Waals surface area contributed by atoms with Crippen molar-refractivity contribution in [2.75, 3.05) is 13.1 Å². The third-order valence-electron chi connectivity index (χ3n) is 2.12. The zero-order valence-electron chi connectivity index (χ0n) is 8.92. The topological polar surface area (TPSA) is 40.5 Å². The molecule has 0 aliphatic carbocycles. The van der Waals surface area contributed by atoms with Gasteiger partial charge in [0, 0.05) is 19.5 Å². The van der Waals surface area contributed by atoms with Gasteiger partial charge in [0.1, 0.15) is 0 Å². The van der Waals surface area contributed by atoms with Gasteiger partial charge in [-0.2, -0.15) is 0 Å². The molecule has 1 aliphatic heterocycles. The van der Waals surface area contributed by atoms with Crippen molar-refractivity contribution in [3.63, 3.8) is 0 Å². The highest BCUT2D eigenvalue weighted by Crippen LogP contribution is 2.10. The van der Waals surface area contributed by atoms with Crippen LogP contribution in [0.2, 0.25) is 0 Å². The van der Waals surface area contributed by atoms with Gasteiger partial charge < -0.3 is 10.0 Å². The van der Waals surface area contributed by atoms with E-state index in [-0.39, 0.29) is 12.0 Å². The van der Waals surface area contributed by atoms with Crippen molar-refractivity contribution >= 4 is 5.91 Å². The lowest BCUT2D eigenvalue weighted by Crippen LogP contribution is -2.39. The molecule has 0 atom stereocenters. The lowest BCUT2D eigenvalue weighted by Gasteiger charge is -2.29. The standard InChI is InChI=1S/C8H15NO2.C2H6/c1-2-8(11)9-5-3-7(10)4-6-9;1-2/h7,10H,2-6H2,1H3;1-2H3. The molecule has 0 aromatic heterocycles. The maximum absolute atomic E-state index is 11.1. The largest absolute Gasteiger partial charge is 0.393 e. The quantitative estimate of drug-likeness (QED) is 0.674. The van der Waals surface area contributed by atoms with Gasteiger partial charge in [0.25, 0.3) is 0 Å². The average Bonchev–Trinajstić information content (AvgIpc) is 2.21. The van der Waals surface area contributed by atoms with E-state index in [2.05, 4.69) is 0 Å². The molecule has 0 spiro atoms. The summed E-state index contributed by atoms with van der Waals surface area (Å²) in [5.74, 6) is 0.205. The van der Waals surface area contributed by atoms with Crippen LogP contribution in [-0.4, -0.2) is 35.1 Å². The van der Waals surface area contributed by atoms with Crippen LogP contribution in [-0.2, 0) is 4.79 Å². The molecule has 3 heteroatoms. The summed E-state index contributed by atoms with van der Waals surface area (Å²) in [6, 6.07) is 0. The lowest BCUT2D eigenvalue weighted by atomic mass is 10.1. The summed E-state index contributed by atoms with van der Waals surface area (Å²) < 4.78 is 0. The highest BCUT2D eigenvalue weighted by molar-refractivity contribution is 5.75. The van der Waals surface area contributed by atoms with Crippen molar-refractivity contribution in [2.24, 2.45) is 0 Å². The van der Waals surface area contributed by atoms with E-state index in [4.69, 9.17) is 5.11 Å². The molecule has 0 unspecified atom stereocenters. The fraction of sp³-hybridized carbons (Fsp3) is 0.900. The summed E-state index contributed by atoms with van der Waals surface area (Å²) in [7, 11) is 0. The lowest BCUT2D eigenvalue weighted by molar-refractivity contribution is -0.132. The molecule has 1 heterocycles. The van der Waals surface area contributed by atoms with E-state index in [0.717, 1.165) is 25.9 Å². The number of aliphatic hydroxyl groups is 1. The molecule has 3 nitrogen and oxygen atoms in total. The Morgan fingerprint density at radius 3 is 2.23 bits per heavy atom. The Hall–Kier alpha value is -0.570. The van der Waals surface area contributed by atoms with E-state index in [1.165, 1.54) is 0 Å². The molecule has 78 valence electrons. The molecule has 1 aliphatic rings. The minimum Gasteiger partial charge on any atom is -0.393 e. The van der Waals surface area contributed by atoms with Crippen molar-refractivity contribution in [3.05, 3.63) is 0 Å². The van der Waals surface area contributed by atoms with Gasteiger partial charge >= 0.3 is 0 Å². The van der Waals surface area contributed by atoms with E-state index >= 15 is 0 Å². The Kier molecular flexibility index (Phi) is 6.59. The van der Waals surface area contributed by atoms with Crippen LogP contribution in [0.5, 0.6) is 0 Å². The Morgan fingerprint density at radius 2 is 1.85 bits per heavy atom. The van der Waals surface area contributed by atoms with Crippen molar-refractivity contribution in [1.29, 1.82) is 0 Å². The third kappa shape index (κ3) is 4.27. The van der Waals surface area contributed by atoms with Gasteiger partial charge in [0.05, 0.1) is 6.10 Å². The number of likely N-dealkylation sites (tertiary alicyclic amines) is 1. The van der Waals surface area contributed by atoms with Crippen molar-refractivity contribution in [1.82, 2.24) is 4.90 Å². The first-order valence-corrected chi connectivity index (χ1v) is 5.20. The van der Waals surface area contributed by atoms with Gasteiger partial charge in [-0.25, -0.2) is 0 Å². The first-order chi connectivity index (χ1) is 6.24. The molecule has 13 heavy (non-hydrogen) atoms. The minimum absolute atomic E-state index is 0.184. The van der Waals surface area contributed by atoms with Gasteiger partial charge in [-0.05, 0) is 12.8 Å². The maximum atomic E-state index is 11.1. The van der Waals surface area contributed by atoms with Crippen molar-refractivity contribution < 1.29 is 9.90 Å². The molecule has 1 fully saturated rings. The van der Waals surface area contributed by atoms with Crippen LogP contribution in [0, 0.1) is 0 Å². The Morgan fingerprint density at radius 1 is 1.38 bits per heavy atom. The molecule has 0 aromatic rings.